The van der Waals surface area contributed by atoms with E-state index in [2.05, 4.69) is 10.6 Å². The first-order valence-corrected chi connectivity index (χ1v) is 10.5. The molecule has 2 fully saturated rings. The molecule has 0 aliphatic carbocycles. The van der Waals surface area contributed by atoms with E-state index in [0.717, 1.165) is 16.1 Å². The SMILES string of the molecule is Cc1ccc(N2C(=O)CC(C(=O)NCC3CNCC3O)C2c2cccs2)cc1. The van der Waals surface area contributed by atoms with Crippen LogP contribution in [0.4, 0.5) is 5.69 Å². The van der Waals surface area contributed by atoms with Crippen LogP contribution in [0.2, 0.25) is 0 Å². The average Bonchev–Trinajstić information content (AvgIpc) is 3.41. The van der Waals surface area contributed by atoms with E-state index < -0.39 is 12.0 Å². The summed E-state index contributed by atoms with van der Waals surface area (Å²) in [5, 5.41) is 18.0. The van der Waals surface area contributed by atoms with Crippen LogP contribution in [0.15, 0.2) is 41.8 Å². The molecular weight excluding hydrogens is 374 g/mol. The van der Waals surface area contributed by atoms with E-state index in [1.165, 1.54) is 0 Å². The van der Waals surface area contributed by atoms with Crippen molar-refractivity contribution in [1.82, 2.24) is 10.6 Å². The lowest BCUT2D eigenvalue weighted by Gasteiger charge is -2.27. The van der Waals surface area contributed by atoms with Gasteiger partial charge in [-0.1, -0.05) is 23.8 Å². The minimum absolute atomic E-state index is 0.00874. The van der Waals surface area contributed by atoms with Crippen molar-refractivity contribution in [2.45, 2.75) is 25.5 Å². The Bertz CT molecular complexity index is 837. The molecule has 7 heteroatoms. The summed E-state index contributed by atoms with van der Waals surface area (Å²) in [5.41, 5.74) is 1.95. The summed E-state index contributed by atoms with van der Waals surface area (Å²) >= 11 is 1.56. The van der Waals surface area contributed by atoms with Gasteiger partial charge in [0.2, 0.25) is 11.8 Å². The molecule has 0 bridgehead atoms. The van der Waals surface area contributed by atoms with Gasteiger partial charge in [0, 0.05) is 42.5 Å². The second-order valence-electron chi connectivity index (χ2n) is 7.60. The number of amides is 2. The van der Waals surface area contributed by atoms with Crippen LogP contribution >= 0.6 is 11.3 Å². The van der Waals surface area contributed by atoms with Gasteiger partial charge < -0.3 is 20.6 Å². The Kier molecular flexibility index (Phi) is 5.48. The van der Waals surface area contributed by atoms with Crippen molar-refractivity contribution >= 4 is 28.8 Å². The van der Waals surface area contributed by atoms with Crippen LogP contribution in [0.5, 0.6) is 0 Å². The fourth-order valence-corrected chi connectivity index (χ4v) is 4.94. The fraction of sp³-hybridized carbons (Fsp3) is 0.429. The molecule has 2 aliphatic rings. The number of nitrogens with one attached hydrogen (secondary N) is 2. The van der Waals surface area contributed by atoms with Crippen molar-refractivity contribution in [1.29, 1.82) is 0 Å². The van der Waals surface area contributed by atoms with Crippen LogP contribution in [0.25, 0.3) is 0 Å². The highest BCUT2D eigenvalue weighted by Crippen LogP contribution is 2.43. The minimum Gasteiger partial charge on any atom is -0.391 e. The average molecular weight is 400 g/mol. The van der Waals surface area contributed by atoms with Crippen molar-refractivity contribution < 1.29 is 14.7 Å². The summed E-state index contributed by atoms with van der Waals surface area (Å²) < 4.78 is 0. The van der Waals surface area contributed by atoms with Crippen LogP contribution in [-0.4, -0.2) is 42.7 Å². The summed E-state index contributed by atoms with van der Waals surface area (Å²) in [6.45, 7) is 3.67. The number of nitrogens with zero attached hydrogens (tertiary/aromatic N) is 1. The fourth-order valence-electron chi connectivity index (χ4n) is 4.05. The molecule has 2 aliphatic heterocycles. The molecule has 2 amide bonds. The van der Waals surface area contributed by atoms with Crippen LogP contribution in [0.3, 0.4) is 0 Å². The van der Waals surface area contributed by atoms with Gasteiger partial charge in [0.25, 0.3) is 0 Å². The monoisotopic (exact) mass is 399 g/mol. The summed E-state index contributed by atoms with van der Waals surface area (Å²) in [6, 6.07) is 11.5. The van der Waals surface area contributed by atoms with E-state index in [1.807, 2.05) is 48.7 Å². The molecule has 2 aromatic rings. The molecule has 3 heterocycles. The quantitative estimate of drug-likeness (QED) is 0.717. The Morgan fingerprint density at radius 1 is 1.29 bits per heavy atom. The number of aryl methyl sites for hydroxylation is 1. The molecule has 0 radical (unpaired) electrons. The largest absolute Gasteiger partial charge is 0.391 e. The summed E-state index contributed by atoms with van der Waals surface area (Å²) in [4.78, 5) is 28.7. The highest BCUT2D eigenvalue weighted by Gasteiger charge is 2.45. The molecule has 4 atom stereocenters. The lowest BCUT2D eigenvalue weighted by molar-refractivity contribution is -0.127. The molecule has 4 unspecified atom stereocenters. The second-order valence-corrected chi connectivity index (χ2v) is 8.58. The summed E-state index contributed by atoms with van der Waals surface area (Å²) in [5.74, 6) is -0.598. The number of aliphatic hydroxyl groups is 1. The third-order valence-corrected chi connectivity index (χ3v) is 6.59. The predicted octanol–water partition coefficient (Wildman–Crippen LogP) is 1.85. The molecular formula is C21H25N3O3S. The van der Waals surface area contributed by atoms with Crippen molar-refractivity contribution in [3.63, 3.8) is 0 Å². The number of thiophene rings is 1. The zero-order valence-corrected chi connectivity index (χ0v) is 16.6. The van der Waals surface area contributed by atoms with Crippen LogP contribution in [-0.2, 0) is 9.59 Å². The lowest BCUT2D eigenvalue weighted by Crippen LogP contribution is -2.39. The number of β-amino-alcohol motifs (C(OH)–C–C–N with tert-alkyl or cyclic N) is 1. The third-order valence-electron chi connectivity index (χ3n) is 5.65. The lowest BCUT2D eigenvalue weighted by atomic mass is 9.97. The maximum absolute atomic E-state index is 13.0. The van der Waals surface area contributed by atoms with Gasteiger partial charge in [0.05, 0.1) is 18.1 Å². The van der Waals surface area contributed by atoms with Crippen LogP contribution < -0.4 is 15.5 Å². The van der Waals surface area contributed by atoms with E-state index >= 15 is 0 Å². The van der Waals surface area contributed by atoms with Crippen molar-refractivity contribution in [2.24, 2.45) is 11.8 Å². The van der Waals surface area contributed by atoms with Crippen molar-refractivity contribution in [2.75, 3.05) is 24.5 Å². The van der Waals surface area contributed by atoms with E-state index in [-0.39, 0.29) is 30.2 Å². The first kappa shape index (κ1) is 19.1. The maximum Gasteiger partial charge on any atom is 0.228 e. The molecule has 1 aromatic carbocycles. The number of hydrogen-bond acceptors (Lipinski definition) is 5. The van der Waals surface area contributed by atoms with Crippen LogP contribution in [0, 0.1) is 18.8 Å². The minimum atomic E-state index is -0.445. The van der Waals surface area contributed by atoms with Gasteiger partial charge in [-0.25, -0.2) is 0 Å². The highest BCUT2D eigenvalue weighted by atomic mass is 32.1. The molecule has 3 N–H and O–H groups in total. The van der Waals surface area contributed by atoms with Gasteiger partial charge in [-0.05, 0) is 30.5 Å². The van der Waals surface area contributed by atoms with E-state index in [0.29, 0.717) is 19.6 Å². The Labute approximate surface area is 168 Å². The molecule has 28 heavy (non-hydrogen) atoms. The predicted molar refractivity (Wildman–Crippen MR) is 109 cm³/mol. The van der Waals surface area contributed by atoms with Gasteiger partial charge in [-0.2, -0.15) is 0 Å². The molecule has 0 saturated carbocycles. The Hall–Kier alpha value is -2.22. The van der Waals surface area contributed by atoms with Crippen molar-refractivity contribution in [3.8, 4) is 0 Å². The van der Waals surface area contributed by atoms with Gasteiger partial charge in [-0.3, -0.25) is 9.59 Å². The number of anilines is 1. The number of rotatable bonds is 5. The molecule has 2 saturated heterocycles. The molecule has 0 spiro atoms. The van der Waals surface area contributed by atoms with E-state index in [9.17, 15) is 14.7 Å². The standard InChI is InChI=1S/C21H25N3O3S/c1-13-4-6-15(7-5-13)24-19(26)9-16(20(24)18-3-2-8-28-18)21(27)23-11-14-10-22-12-17(14)25/h2-8,14,16-17,20,22,25H,9-12H2,1H3,(H,23,27). The van der Waals surface area contributed by atoms with E-state index in [4.69, 9.17) is 0 Å². The summed E-state index contributed by atoms with van der Waals surface area (Å²) in [6.07, 6.45) is -0.254. The van der Waals surface area contributed by atoms with Gasteiger partial charge in [0.15, 0.2) is 0 Å². The number of aliphatic hydroxyl groups excluding tert-OH is 1. The number of hydrogen-bond donors (Lipinski definition) is 3. The van der Waals surface area contributed by atoms with Gasteiger partial charge >= 0.3 is 0 Å². The molecule has 1 aromatic heterocycles. The zero-order valence-electron chi connectivity index (χ0n) is 15.8. The number of carbonyl (C=O) groups excluding carboxylic acids is 2. The smallest absolute Gasteiger partial charge is 0.228 e. The topological polar surface area (TPSA) is 81.7 Å². The van der Waals surface area contributed by atoms with Gasteiger partial charge in [0.1, 0.15) is 0 Å². The zero-order chi connectivity index (χ0) is 19.7. The normalized spacial score (nSPS) is 27.4. The number of benzene rings is 1. The third kappa shape index (κ3) is 3.70. The van der Waals surface area contributed by atoms with Crippen LogP contribution in [0.1, 0.15) is 22.9 Å². The molecule has 148 valence electrons. The molecule has 6 nitrogen and oxygen atoms in total. The highest BCUT2D eigenvalue weighted by molar-refractivity contribution is 7.10. The Balaban J connectivity index is 1.56. The second kappa shape index (κ2) is 8.03. The van der Waals surface area contributed by atoms with Gasteiger partial charge in [-0.15, -0.1) is 11.3 Å². The first-order chi connectivity index (χ1) is 13.5. The summed E-state index contributed by atoms with van der Waals surface area (Å²) in [7, 11) is 0. The van der Waals surface area contributed by atoms with Crippen molar-refractivity contribution in [3.05, 3.63) is 52.2 Å². The first-order valence-electron chi connectivity index (χ1n) is 9.63. The Morgan fingerprint density at radius 2 is 2.07 bits per heavy atom. The maximum atomic E-state index is 13.0. The van der Waals surface area contributed by atoms with E-state index in [1.54, 1.807) is 16.2 Å². The Morgan fingerprint density at radius 3 is 2.71 bits per heavy atom. The molecule has 4 rings (SSSR count). The number of carbonyl (C=O) groups is 2.